The first-order chi connectivity index (χ1) is 10.6. The molecule has 2 fully saturated rings. The fourth-order valence-electron chi connectivity index (χ4n) is 3.53. The first-order valence-electron chi connectivity index (χ1n) is 8.26. The van der Waals surface area contributed by atoms with Gasteiger partial charge in [0.2, 0.25) is 5.91 Å². The van der Waals surface area contributed by atoms with Crippen molar-refractivity contribution in [1.82, 2.24) is 9.80 Å². The van der Waals surface area contributed by atoms with Crippen molar-refractivity contribution < 1.29 is 14.0 Å². The van der Waals surface area contributed by atoms with E-state index in [1.54, 1.807) is 17.0 Å². The van der Waals surface area contributed by atoms with Crippen LogP contribution in [0.15, 0.2) is 22.8 Å². The zero-order valence-corrected chi connectivity index (χ0v) is 13.2. The molecule has 120 valence electrons. The molecule has 2 amide bonds. The fraction of sp³-hybridized carbons (Fsp3) is 0.647. The number of hydrogen-bond donors (Lipinski definition) is 0. The normalized spacial score (nSPS) is 23.6. The van der Waals surface area contributed by atoms with Crippen molar-refractivity contribution in [2.75, 3.05) is 26.2 Å². The Labute approximate surface area is 131 Å². The Kier molecular flexibility index (Phi) is 4.50. The summed E-state index contributed by atoms with van der Waals surface area (Å²) in [7, 11) is 0. The summed E-state index contributed by atoms with van der Waals surface area (Å²) < 4.78 is 5.16. The number of rotatable bonds is 2. The molecule has 3 rings (SSSR count). The van der Waals surface area contributed by atoms with Gasteiger partial charge >= 0.3 is 0 Å². The van der Waals surface area contributed by atoms with E-state index in [0.29, 0.717) is 24.8 Å². The summed E-state index contributed by atoms with van der Waals surface area (Å²) in [5.41, 5.74) is 0. The summed E-state index contributed by atoms with van der Waals surface area (Å²) in [6.45, 7) is 5.28. The van der Waals surface area contributed by atoms with Crippen LogP contribution in [-0.2, 0) is 4.79 Å². The second kappa shape index (κ2) is 6.55. The number of carbonyl (C=O) groups excluding carboxylic acids is 2. The van der Waals surface area contributed by atoms with Crippen LogP contribution in [0.25, 0.3) is 0 Å². The lowest BCUT2D eigenvalue weighted by Crippen LogP contribution is -2.46. The Morgan fingerprint density at radius 1 is 1.14 bits per heavy atom. The van der Waals surface area contributed by atoms with Gasteiger partial charge in [-0.15, -0.1) is 0 Å². The minimum atomic E-state index is -0.0671. The molecule has 22 heavy (non-hydrogen) atoms. The van der Waals surface area contributed by atoms with Gasteiger partial charge in [-0.1, -0.05) is 6.92 Å². The molecule has 1 aromatic rings. The van der Waals surface area contributed by atoms with Crippen molar-refractivity contribution in [3.63, 3.8) is 0 Å². The molecule has 0 bridgehead atoms. The zero-order chi connectivity index (χ0) is 15.5. The smallest absolute Gasteiger partial charge is 0.289 e. The van der Waals surface area contributed by atoms with Gasteiger partial charge in [0.25, 0.3) is 5.91 Å². The van der Waals surface area contributed by atoms with Crippen LogP contribution in [0.5, 0.6) is 0 Å². The average Bonchev–Trinajstić information content (AvgIpc) is 3.08. The highest BCUT2D eigenvalue weighted by Crippen LogP contribution is 2.24. The van der Waals surface area contributed by atoms with Crippen molar-refractivity contribution >= 4 is 11.8 Å². The van der Waals surface area contributed by atoms with Gasteiger partial charge in [0.1, 0.15) is 0 Å². The molecule has 0 aromatic carbocycles. The molecule has 0 radical (unpaired) electrons. The summed E-state index contributed by atoms with van der Waals surface area (Å²) in [4.78, 5) is 28.7. The van der Waals surface area contributed by atoms with Gasteiger partial charge in [-0.25, -0.2) is 0 Å². The van der Waals surface area contributed by atoms with Gasteiger partial charge in [-0.2, -0.15) is 0 Å². The summed E-state index contributed by atoms with van der Waals surface area (Å²) in [5.74, 6) is 1.29. The topological polar surface area (TPSA) is 53.8 Å². The molecule has 0 aliphatic carbocycles. The fourth-order valence-corrected chi connectivity index (χ4v) is 3.53. The first kappa shape index (κ1) is 15.1. The van der Waals surface area contributed by atoms with Crippen molar-refractivity contribution in [1.29, 1.82) is 0 Å². The third-order valence-electron chi connectivity index (χ3n) is 4.83. The molecule has 1 atom stereocenters. The molecule has 1 aromatic heterocycles. The highest BCUT2D eigenvalue weighted by Gasteiger charge is 2.32. The van der Waals surface area contributed by atoms with E-state index in [1.807, 2.05) is 4.90 Å². The molecular weight excluding hydrogens is 280 g/mol. The molecule has 0 spiro atoms. The maximum absolute atomic E-state index is 12.6. The van der Waals surface area contributed by atoms with Crippen LogP contribution in [0.4, 0.5) is 0 Å². The molecule has 3 heterocycles. The third kappa shape index (κ3) is 3.18. The molecule has 5 nitrogen and oxygen atoms in total. The van der Waals surface area contributed by atoms with Gasteiger partial charge in [-0.3, -0.25) is 9.59 Å². The maximum Gasteiger partial charge on any atom is 0.289 e. The molecule has 0 N–H and O–H groups in total. The molecule has 2 aliphatic heterocycles. The number of hydrogen-bond acceptors (Lipinski definition) is 3. The predicted molar refractivity (Wildman–Crippen MR) is 82.3 cm³/mol. The number of amides is 2. The predicted octanol–water partition coefficient (Wildman–Crippen LogP) is 2.39. The molecule has 5 heteroatoms. The molecule has 0 saturated carbocycles. The summed E-state index contributed by atoms with van der Waals surface area (Å²) in [6.07, 6.45) is 5.37. The van der Waals surface area contributed by atoms with E-state index >= 15 is 0 Å². The van der Waals surface area contributed by atoms with Crippen LogP contribution in [0, 0.1) is 11.8 Å². The summed E-state index contributed by atoms with van der Waals surface area (Å²) in [6, 6.07) is 3.41. The SMILES string of the molecule is CC1CCCN(C(=O)C2CCN(C(=O)c3ccco3)CC2)C1. The van der Waals surface area contributed by atoms with Crippen molar-refractivity contribution in [3.05, 3.63) is 24.2 Å². The lowest BCUT2D eigenvalue weighted by molar-refractivity contribution is -0.138. The van der Waals surface area contributed by atoms with Crippen LogP contribution in [0.3, 0.4) is 0 Å². The van der Waals surface area contributed by atoms with E-state index in [2.05, 4.69) is 6.92 Å². The Bertz CT molecular complexity index is 518. The van der Waals surface area contributed by atoms with Crippen LogP contribution >= 0.6 is 0 Å². The van der Waals surface area contributed by atoms with Crippen molar-refractivity contribution in [2.24, 2.45) is 11.8 Å². The highest BCUT2D eigenvalue weighted by molar-refractivity contribution is 5.91. The highest BCUT2D eigenvalue weighted by atomic mass is 16.3. The quantitative estimate of drug-likeness (QED) is 0.843. The Morgan fingerprint density at radius 3 is 2.55 bits per heavy atom. The Morgan fingerprint density at radius 2 is 1.91 bits per heavy atom. The summed E-state index contributed by atoms with van der Waals surface area (Å²) >= 11 is 0. The second-order valence-corrected chi connectivity index (χ2v) is 6.58. The minimum absolute atomic E-state index is 0.0671. The van der Waals surface area contributed by atoms with Crippen LogP contribution in [-0.4, -0.2) is 47.8 Å². The molecule has 1 unspecified atom stereocenters. The zero-order valence-electron chi connectivity index (χ0n) is 13.2. The largest absolute Gasteiger partial charge is 0.459 e. The van der Waals surface area contributed by atoms with E-state index in [0.717, 1.165) is 32.4 Å². The van der Waals surface area contributed by atoms with Crippen molar-refractivity contribution in [3.8, 4) is 0 Å². The van der Waals surface area contributed by atoms with E-state index in [1.165, 1.54) is 12.7 Å². The van der Waals surface area contributed by atoms with Gasteiger partial charge in [-0.05, 0) is 43.7 Å². The monoisotopic (exact) mass is 304 g/mol. The van der Waals surface area contributed by atoms with E-state index < -0.39 is 0 Å². The van der Waals surface area contributed by atoms with Crippen LogP contribution in [0.1, 0.15) is 43.2 Å². The average molecular weight is 304 g/mol. The van der Waals surface area contributed by atoms with E-state index in [-0.39, 0.29) is 17.7 Å². The van der Waals surface area contributed by atoms with Gasteiger partial charge in [0.15, 0.2) is 5.76 Å². The van der Waals surface area contributed by atoms with Crippen molar-refractivity contribution in [2.45, 2.75) is 32.6 Å². The third-order valence-corrected chi connectivity index (χ3v) is 4.83. The van der Waals surface area contributed by atoms with Gasteiger partial charge < -0.3 is 14.2 Å². The lowest BCUT2D eigenvalue weighted by Gasteiger charge is -2.37. The number of piperidine rings is 2. The Hall–Kier alpha value is -1.78. The molecule has 2 saturated heterocycles. The van der Waals surface area contributed by atoms with Gasteiger partial charge in [0, 0.05) is 32.1 Å². The minimum Gasteiger partial charge on any atom is -0.459 e. The Balaban J connectivity index is 1.53. The first-order valence-corrected chi connectivity index (χ1v) is 8.26. The van der Waals surface area contributed by atoms with E-state index in [9.17, 15) is 9.59 Å². The molecule has 2 aliphatic rings. The lowest BCUT2D eigenvalue weighted by atomic mass is 9.92. The summed E-state index contributed by atoms with van der Waals surface area (Å²) in [5, 5.41) is 0. The molecular formula is C17H24N2O3. The van der Waals surface area contributed by atoms with E-state index in [4.69, 9.17) is 4.42 Å². The number of nitrogens with zero attached hydrogens (tertiary/aromatic N) is 2. The maximum atomic E-state index is 12.6. The number of furan rings is 1. The van der Waals surface area contributed by atoms with Crippen LogP contribution in [0.2, 0.25) is 0 Å². The standard InChI is InChI=1S/C17H24N2O3/c1-13-4-2-8-19(12-13)16(20)14-6-9-18(10-7-14)17(21)15-5-3-11-22-15/h3,5,11,13-14H,2,4,6-10,12H2,1H3. The van der Waals surface area contributed by atoms with Crippen LogP contribution < -0.4 is 0 Å². The number of likely N-dealkylation sites (tertiary alicyclic amines) is 2. The van der Waals surface area contributed by atoms with Gasteiger partial charge in [0.05, 0.1) is 6.26 Å². The number of carbonyl (C=O) groups is 2. The second-order valence-electron chi connectivity index (χ2n) is 6.58.